The smallest absolute Gasteiger partial charge is 0.238 e. The first-order valence-electron chi connectivity index (χ1n) is 8.15. The molecule has 2 aromatic carbocycles. The molecule has 1 atom stereocenters. The monoisotopic (exact) mass is 372 g/mol. The van der Waals surface area contributed by atoms with Crippen LogP contribution in [-0.2, 0) is 16.1 Å². The molecule has 2 N–H and O–H groups in total. The molecular formula is C19H20N2O4S. The first-order valence-corrected chi connectivity index (χ1v) is 9.03. The third-order valence-electron chi connectivity index (χ3n) is 4.02. The summed E-state index contributed by atoms with van der Waals surface area (Å²) in [6.07, 6.45) is 0.123. The van der Waals surface area contributed by atoms with Crippen molar-refractivity contribution in [2.24, 2.45) is 0 Å². The van der Waals surface area contributed by atoms with Crippen molar-refractivity contribution in [3.63, 3.8) is 0 Å². The molecule has 2 aromatic rings. The number of para-hydroxylation sites is 1. The van der Waals surface area contributed by atoms with Gasteiger partial charge in [-0.3, -0.25) is 9.59 Å². The molecule has 1 heterocycles. The fraction of sp³-hybridized carbons (Fsp3) is 0.263. The van der Waals surface area contributed by atoms with Crippen molar-refractivity contribution in [2.45, 2.75) is 23.1 Å². The molecule has 0 aliphatic carbocycles. The minimum atomic E-state index is -0.435. The Hall–Kier alpha value is -2.67. The van der Waals surface area contributed by atoms with Gasteiger partial charge in [0, 0.05) is 17.9 Å². The maximum absolute atomic E-state index is 12.3. The summed E-state index contributed by atoms with van der Waals surface area (Å²) in [7, 11) is 3.14. The maximum Gasteiger partial charge on any atom is 0.238 e. The highest BCUT2D eigenvalue weighted by Crippen LogP contribution is 2.36. The van der Waals surface area contributed by atoms with E-state index in [9.17, 15) is 9.59 Å². The molecule has 136 valence electrons. The zero-order valence-corrected chi connectivity index (χ0v) is 15.4. The lowest BCUT2D eigenvalue weighted by Gasteiger charge is -2.23. The molecule has 0 bridgehead atoms. The molecule has 7 heteroatoms. The van der Waals surface area contributed by atoms with E-state index in [2.05, 4.69) is 10.6 Å². The normalized spacial score (nSPS) is 15.6. The molecule has 1 unspecified atom stereocenters. The van der Waals surface area contributed by atoms with Gasteiger partial charge >= 0.3 is 0 Å². The average Bonchev–Trinajstić information content (AvgIpc) is 2.66. The molecule has 0 aromatic heterocycles. The number of nitrogens with one attached hydrogen (secondary N) is 2. The Labute approximate surface area is 156 Å². The molecule has 26 heavy (non-hydrogen) atoms. The van der Waals surface area contributed by atoms with E-state index >= 15 is 0 Å². The first-order chi connectivity index (χ1) is 12.6. The molecule has 2 amide bonds. The van der Waals surface area contributed by atoms with Crippen LogP contribution >= 0.6 is 11.8 Å². The summed E-state index contributed by atoms with van der Waals surface area (Å²) in [4.78, 5) is 25.4. The number of methoxy groups -OCH3 is 2. The van der Waals surface area contributed by atoms with Crippen molar-refractivity contribution in [3.05, 3.63) is 48.0 Å². The van der Waals surface area contributed by atoms with Crippen molar-refractivity contribution in [3.8, 4) is 11.5 Å². The highest BCUT2D eigenvalue weighted by molar-refractivity contribution is 8.01. The number of hydrogen-bond acceptors (Lipinski definition) is 5. The molecule has 3 rings (SSSR count). The third kappa shape index (κ3) is 4.11. The minimum absolute atomic E-state index is 0.123. The third-order valence-corrected chi connectivity index (χ3v) is 5.29. The van der Waals surface area contributed by atoms with Gasteiger partial charge in [-0.15, -0.1) is 11.8 Å². The van der Waals surface area contributed by atoms with Crippen LogP contribution in [0.5, 0.6) is 11.5 Å². The lowest BCUT2D eigenvalue weighted by atomic mass is 10.2. The fourth-order valence-electron chi connectivity index (χ4n) is 2.66. The molecule has 0 saturated heterocycles. The Morgan fingerprint density at radius 1 is 1.15 bits per heavy atom. The molecule has 0 radical (unpaired) electrons. The molecule has 0 saturated carbocycles. The topological polar surface area (TPSA) is 76.7 Å². The van der Waals surface area contributed by atoms with Crippen LogP contribution in [0, 0.1) is 0 Å². The van der Waals surface area contributed by atoms with Crippen molar-refractivity contribution in [2.75, 3.05) is 19.5 Å². The van der Waals surface area contributed by atoms with Gasteiger partial charge in [-0.25, -0.2) is 0 Å². The van der Waals surface area contributed by atoms with Gasteiger partial charge in [0.1, 0.15) is 0 Å². The number of amides is 2. The van der Waals surface area contributed by atoms with Gasteiger partial charge in [0.25, 0.3) is 0 Å². The predicted octanol–water partition coefficient (Wildman–Crippen LogP) is 2.82. The number of ether oxygens (including phenoxy) is 2. The van der Waals surface area contributed by atoms with Crippen LogP contribution in [0.1, 0.15) is 12.0 Å². The number of hydrogen-bond donors (Lipinski definition) is 2. The quantitative estimate of drug-likeness (QED) is 0.815. The lowest BCUT2D eigenvalue weighted by molar-refractivity contribution is -0.124. The van der Waals surface area contributed by atoms with Crippen LogP contribution in [0.3, 0.4) is 0 Å². The first kappa shape index (κ1) is 18.1. The summed E-state index contributed by atoms with van der Waals surface area (Å²) >= 11 is 1.42. The van der Waals surface area contributed by atoms with Crippen LogP contribution in [-0.4, -0.2) is 31.3 Å². The summed E-state index contributed by atoms with van der Waals surface area (Å²) in [5.41, 5.74) is 1.69. The second-order valence-electron chi connectivity index (χ2n) is 5.76. The van der Waals surface area contributed by atoms with Crippen LogP contribution in [0.4, 0.5) is 5.69 Å². The zero-order valence-electron chi connectivity index (χ0n) is 14.6. The molecule has 6 nitrogen and oxygen atoms in total. The molecular weight excluding hydrogens is 352 g/mol. The van der Waals surface area contributed by atoms with Gasteiger partial charge in [0.2, 0.25) is 11.8 Å². The molecule has 0 spiro atoms. The van der Waals surface area contributed by atoms with Gasteiger partial charge in [0.15, 0.2) is 11.5 Å². The molecule has 1 aliphatic rings. The summed E-state index contributed by atoms with van der Waals surface area (Å²) in [6.45, 7) is 0.356. The van der Waals surface area contributed by atoms with Gasteiger partial charge in [-0.2, -0.15) is 0 Å². The summed E-state index contributed by atoms with van der Waals surface area (Å²) in [5, 5.41) is 5.26. The number of benzene rings is 2. The summed E-state index contributed by atoms with van der Waals surface area (Å²) in [6, 6.07) is 13.0. The van der Waals surface area contributed by atoms with Crippen LogP contribution in [0.15, 0.2) is 47.4 Å². The standard InChI is InChI=1S/C19H20N2O4S/c1-24-14-8-7-12(9-15(14)25-2)11-20-18(22)10-17-19(23)21-13-5-3-4-6-16(13)26-17/h3-9,17H,10-11H2,1-2H3,(H,20,22)(H,21,23). The van der Waals surface area contributed by atoms with E-state index in [0.29, 0.717) is 18.0 Å². The van der Waals surface area contributed by atoms with E-state index in [-0.39, 0.29) is 18.2 Å². The summed E-state index contributed by atoms with van der Waals surface area (Å²) < 4.78 is 10.5. The van der Waals surface area contributed by atoms with E-state index in [4.69, 9.17) is 9.47 Å². The predicted molar refractivity (Wildman–Crippen MR) is 101 cm³/mol. The summed E-state index contributed by atoms with van der Waals surface area (Å²) in [5.74, 6) is 0.927. The zero-order chi connectivity index (χ0) is 18.5. The number of anilines is 1. The highest BCUT2D eigenvalue weighted by Gasteiger charge is 2.28. The van der Waals surface area contributed by atoms with Crippen LogP contribution in [0.2, 0.25) is 0 Å². The van der Waals surface area contributed by atoms with Crippen molar-refractivity contribution < 1.29 is 19.1 Å². The van der Waals surface area contributed by atoms with E-state index in [1.165, 1.54) is 11.8 Å². The van der Waals surface area contributed by atoms with E-state index in [1.54, 1.807) is 20.3 Å². The van der Waals surface area contributed by atoms with Gasteiger partial charge in [0.05, 0.1) is 25.2 Å². The second-order valence-corrected chi connectivity index (χ2v) is 7.01. The Balaban J connectivity index is 1.57. The molecule has 1 aliphatic heterocycles. The van der Waals surface area contributed by atoms with Crippen LogP contribution in [0.25, 0.3) is 0 Å². The highest BCUT2D eigenvalue weighted by atomic mass is 32.2. The fourth-order valence-corrected chi connectivity index (χ4v) is 3.77. The SMILES string of the molecule is COc1ccc(CNC(=O)CC2Sc3ccccc3NC2=O)cc1OC. The number of fused-ring (bicyclic) bond motifs is 1. The van der Waals surface area contributed by atoms with Crippen molar-refractivity contribution in [1.82, 2.24) is 5.32 Å². The minimum Gasteiger partial charge on any atom is -0.493 e. The maximum atomic E-state index is 12.3. The Kier molecular flexibility index (Phi) is 5.68. The Morgan fingerprint density at radius 3 is 2.69 bits per heavy atom. The Morgan fingerprint density at radius 2 is 1.92 bits per heavy atom. The average molecular weight is 372 g/mol. The van der Waals surface area contributed by atoms with Crippen LogP contribution < -0.4 is 20.1 Å². The van der Waals surface area contributed by atoms with E-state index in [0.717, 1.165) is 16.1 Å². The second kappa shape index (κ2) is 8.14. The van der Waals surface area contributed by atoms with Gasteiger partial charge < -0.3 is 20.1 Å². The molecule has 0 fully saturated rings. The largest absolute Gasteiger partial charge is 0.493 e. The number of carbonyl (C=O) groups excluding carboxylic acids is 2. The number of rotatable bonds is 6. The van der Waals surface area contributed by atoms with E-state index in [1.807, 2.05) is 36.4 Å². The lowest BCUT2D eigenvalue weighted by Crippen LogP contribution is -2.34. The number of carbonyl (C=O) groups is 2. The van der Waals surface area contributed by atoms with Gasteiger partial charge in [-0.05, 0) is 29.8 Å². The van der Waals surface area contributed by atoms with Gasteiger partial charge in [-0.1, -0.05) is 18.2 Å². The van der Waals surface area contributed by atoms with E-state index < -0.39 is 5.25 Å². The number of thioether (sulfide) groups is 1. The Bertz CT molecular complexity index is 825. The van der Waals surface area contributed by atoms with Crippen molar-refractivity contribution in [1.29, 1.82) is 0 Å². The van der Waals surface area contributed by atoms with Crippen molar-refractivity contribution >= 4 is 29.3 Å².